The van der Waals surface area contributed by atoms with Crippen molar-refractivity contribution in [1.82, 2.24) is 0 Å². The SMILES string of the molecule is CC(=O)Nc1ccc(S(=O)(=O)O)cc1C(C(=O)O)C(=O)c1ccc(Br)cc1. The van der Waals surface area contributed by atoms with E-state index in [0.717, 1.165) is 18.2 Å². The van der Waals surface area contributed by atoms with Crippen molar-refractivity contribution in [3.63, 3.8) is 0 Å². The monoisotopic (exact) mass is 455 g/mol. The summed E-state index contributed by atoms with van der Waals surface area (Å²) in [6, 6.07) is 8.89. The van der Waals surface area contributed by atoms with Crippen molar-refractivity contribution in [1.29, 1.82) is 0 Å². The van der Waals surface area contributed by atoms with E-state index in [9.17, 15) is 32.5 Å². The molecular formula is C17H14BrNO7S. The summed E-state index contributed by atoms with van der Waals surface area (Å²) in [6.45, 7) is 1.17. The van der Waals surface area contributed by atoms with E-state index in [0.29, 0.717) is 4.47 Å². The maximum Gasteiger partial charge on any atom is 0.319 e. The number of carboxylic acids is 1. The molecule has 142 valence electrons. The maximum absolute atomic E-state index is 12.8. The third kappa shape index (κ3) is 5.00. The first kappa shape index (κ1) is 20.7. The molecule has 0 saturated heterocycles. The summed E-state index contributed by atoms with van der Waals surface area (Å²) in [6.07, 6.45) is 0. The van der Waals surface area contributed by atoms with Gasteiger partial charge in [0.1, 0.15) is 5.92 Å². The van der Waals surface area contributed by atoms with Crippen molar-refractivity contribution in [2.24, 2.45) is 0 Å². The van der Waals surface area contributed by atoms with Crippen LogP contribution in [-0.4, -0.2) is 35.7 Å². The summed E-state index contributed by atoms with van der Waals surface area (Å²) in [4.78, 5) is 35.4. The van der Waals surface area contributed by atoms with Gasteiger partial charge in [-0.2, -0.15) is 8.42 Å². The van der Waals surface area contributed by atoms with E-state index < -0.39 is 38.6 Å². The number of halogens is 1. The molecular weight excluding hydrogens is 442 g/mol. The Bertz CT molecular complexity index is 1020. The molecule has 0 aliphatic heterocycles. The van der Waals surface area contributed by atoms with Crippen molar-refractivity contribution in [2.45, 2.75) is 17.7 Å². The van der Waals surface area contributed by atoms with Crippen LogP contribution in [0.4, 0.5) is 5.69 Å². The van der Waals surface area contributed by atoms with Crippen molar-refractivity contribution in [3.05, 3.63) is 58.1 Å². The van der Waals surface area contributed by atoms with Crippen molar-refractivity contribution >= 4 is 49.4 Å². The molecule has 1 unspecified atom stereocenters. The molecule has 27 heavy (non-hydrogen) atoms. The molecule has 0 heterocycles. The summed E-state index contributed by atoms with van der Waals surface area (Å²) in [5.41, 5.74) is -0.231. The van der Waals surface area contributed by atoms with Crippen LogP contribution in [0.25, 0.3) is 0 Å². The van der Waals surface area contributed by atoms with E-state index in [1.807, 2.05) is 0 Å². The Morgan fingerprint density at radius 2 is 1.67 bits per heavy atom. The number of carbonyl (C=O) groups excluding carboxylic acids is 2. The molecule has 0 aliphatic rings. The predicted molar refractivity (Wildman–Crippen MR) is 99.4 cm³/mol. The molecule has 2 aromatic carbocycles. The minimum atomic E-state index is -4.65. The fraction of sp³-hybridized carbons (Fsp3) is 0.118. The van der Waals surface area contributed by atoms with Gasteiger partial charge in [0.05, 0.1) is 4.90 Å². The number of anilines is 1. The third-order valence-electron chi connectivity index (χ3n) is 3.58. The Balaban J connectivity index is 2.66. The number of benzene rings is 2. The van der Waals surface area contributed by atoms with Gasteiger partial charge < -0.3 is 10.4 Å². The molecule has 0 aliphatic carbocycles. The highest BCUT2D eigenvalue weighted by Crippen LogP contribution is 2.31. The second kappa shape index (κ2) is 7.99. The fourth-order valence-corrected chi connectivity index (χ4v) is 3.19. The van der Waals surface area contributed by atoms with Gasteiger partial charge in [0, 0.05) is 22.6 Å². The average molecular weight is 456 g/mol. The number of hydrogen-bond donors (Lipinski definition) is 3. The molecule has 0 saturated carbocycles. The van der Waals surface area contributed by atoms with Crippen LogP contribution in [0, 0.1) is 0 Å². The van der Waals surface area contributed by atoms with Crippen LogP contribution in [0.5, 0.6) is 0 Å². The van der Waals surface area contributed by atoms with Gasteiger partial charge in [-0.3, -0.25) is 18.9 Å². The van der Waals surface area contributed by atoms with Crippen LogP contribution in [0.15, 0.2) is 51.8 Å². The smallest absolute Gasteiger partial charge is 0.319 e. The Morgan fingerprint density at radius 3 is 2.15 bits per heavy atom. The fourth-order valence-electron chi connectivity index (χ4n) is 2.41. The number of amides is 1. The summed E-state index contributed by atoms with van der Waals surface area (Å²) in [7, 11) is -4.65. The minimum absolute atomic E-state index is 0.0484. The standard InChI is InChI=1S/C17H14BrNO7S/c1-9(20)19-14-7-6-12(27(24,25)26)8-13(14)15(17(22)23)16(21)10-2-4-11(18)5-3-10/h2-8,15H,1H3,(H,19,20)(H,22,23)(H,24,25,26). The van der Waals surface area contributed by atoms with Crippen molar-refractivity contribution in [3.8, 4) is 0 Å². The van der Waals surface area contributed by atoms with Crippen LogP contribution >= 0.6 is 15.9 Å². The third-order valence-corrected chi connectivity index (χ3v) is 4.96. The number of nitrogens with one attached hydrogen (secondary N) is 1. The molecule has 0 bridgehead atoms. The number of ketones is 1. The number of aliphatic carboxylic acids is 1. The van der Waals surface area contributed by atoms with Gasteiger partial charge in [0.25, 0.3) is 10.1 Å². The van der Waals surface area contributed by atoms with Crippen LogP contribution in [0.3, 0.4) is 0 Å². The molecule has 1 atom stereocenters. The predicted octanol–water partition coefficient (Wildman–Crippen LogP) is 2.71. The summed E-state index contributed by atoms with van der Waals surface area (Å²) >= 11 is 3.21. The Morgan fingerprint density at radius 1 is 1.07 bits per heavy atom. The van der Waals surface area contributed by atoms with Gasteiger partial charge in [0.2, 0.25) is 5.91 Å². The first-order valence-corrected chi connectivity index (χ1v) is 9.65. The number of Topliss-reactive ketones (excluding diaryl/α,β-unsaturated/α-hetero) is 1. The molecule has 2 aromatic rings. The maximum atomic E-state index is 12.8. The highest BCUT2D eigenvalue weighted by molar-refractivity contribution is 9.10. The molecule has 1 amide bonds. The molecule has 2 rings (SSSR count). The Kier molecular flexibility index (Phi) is 6.14. The van der Waals surface area contributed by atoms with E-state index in [4.69, 9.17) is 0 Å². The second-order valence-electron chi connectivity index (χ2n) is 5.55. The van der Waals surface area contributed by atoms with E-state index in [2.05, 4.69) is 21.2 Å². The molecule has 0 spiro atoms. The van der Waals surface area contributed by atoms with Crippen LogP contribution in [0.2, 0.25) is 0 Å². The molecule has 8 nitrogen and oxygen atoms in total. The Hall–Kier alpha value is -2.56. The first-order chi connectivity index (χ1) is 12.5. The quantitative estimate of drug-likeness (QED) is 0.345. The van der Waals surface area contributed by atoms with Crippen molar-refractivity contribution in [2.75, 3.05) is 5.32 Å². The molecule has 0 fully saturated rings. The first-order valence-electron chi connectivity index (χ1n) is 7.42. The highest BCUT2D eigenvalue weighted by atomic mass is 79.9. The van der Waals surface area contributed by atoms with Gasteiger partial charge in [0.15, 0.2) is 5.78 Å². The lowest BCUT2D eigenvalue weighted by atomic mass is 9.89. The van der Waals surface area contributed by atoms with Gasteiger partial charge in [-0.25, -0.2) is 0 Å². The lowest BCUT2D eigenvalue weighted by molar-refractivity contribution is -0.137. The average Bonchev–Trinajstić information content (AvgIpc) is 2.55. The van der Waals surface area contributed by atoms with E-state index in [1.165, 1.54) is 19.1 Å². The molecule has 0 aromatic heterocycles. The number of carbonyl (C=O) groups is 3. The van der Waals surface area contributed by atoms with Crippen LogP contribution in [-0.2, 0) is 19.7 Å². The highest BCUT2D eigenvalue weighted by Gasteiger charge is 2.32. The summed E-state index contributed by atoms with van der Waals surface area (Å²) in [5.74, 6) is -4.69. The zero-order valence-electron chi connectivity index (χ0n) is 13.8. The lowest BCUT2D eigenvalue weighted by Gasteiger charge is -2.17. The molecule has 3 N–H and O–H groups in total. The van der Waals surface area contributed by atoms with E-state index in [1.54, 1.807) is 12.1 Å². The zero-order chi connectivity index (χ0) is 20.4. The van der Waals surface area contributed by atoms with Gasteiger partial charge in [-0.05, 0) is 35.9 Å². The summed E-state index contributed by atoms with van der Waals surface area (Å²) in [5, 5.41) is 12.0. The van der Waals surface area contributed by atoms with E-state index in [-0.39, 0.29) is 16.8 Å². The van der Waals surface area contributed by atoms with Gasteiger partial charge in [-0.1, -0.05) is 28.1 Å². The topological polar surface area (TPSA) is 138 Å². The van der Waals surface area contributed by atoms with Gasteiger partial charge in [-0.15, -0.1) is 0 Å². The summed E-state index contributed by atoms with van der Waals surface area (Å²) < 4.78 is 32.8. The zero-order valence-corrected chi connectivity index (χ0v) is 16.2. The van der Waals surface area contributed by atoms with Crippen molar-refractivity contribution < 1.29 is 32.5 Å². The van der Waals surface area contributed by atoms with Crippen LogP contribution in [0.1, 0.15) is 28.8 Å². The van der Waals surface area contributed by atoms with Gasteiger partial charge >= 0.3 is 5.97 Å². The number of rotatable bonds is 6. The Labute approximate surface area is 163 Å². The minimum Gasteiger partial charge on any atom is -0.480 e. The molecule has 0 radical (unpaired) electrons. The second-order valence-corrected chi connectivity index (χ2v) is 7.88. The lowest BCUT2D eigenvalue weighted by Crippen LogP contribution is -2.24. The van der Waals surface area contributed by atoms with Crippen LogP contribution < -0.4 is 5.32 Å². The largest absolute Gasteiger partial charge is 0.480 e. The molecule has 10 heteroatoms. The number of carboxylic acid groups (broad SMARTS) is 1. The normalized spacial score (nSPS) is 12.3. The number of hydrogen-bond acceptors (Lipinski definition) is 5. The van der Waals surface area contributed by atoms with E-state index >= 15 is 0 Å².